The summed E-state index contributed by atoms with van der Waals surface area (Å²) < 4.78 is 16.8. The maximum absolute atomic E-state index is 12.7. The highest BCUT2D eigenvalue weighted by molar-refractivity contribution is 5.96. The topological polar surface area (TPSA) is 191 Å². The molecule has 0 bridgehead atoms. The van der Waals surface area contributed by atoms with Gasteiger partial charge in [0.15, 0.2) is 11.5 Å². The lowest BCUT2D eigenvalue weighted by atomic mass is 9.89. The first-order chi connectivity index (χ1) is 29.6. The van der Waals surface area contributed by atoms with Gasteiger partial charge in [0.05, 0.1) is 17.5 Å². The Bertz CT molecular complexity index is 2660. The number of amides is 2. The molecule has 2 aromatic heterocycles. The van der Waals surface area contributed by atoms with Crippen molar-refractivity contribution >= 4 is 57.5 Å². The van der Waals surface area contributed by atoms with E-state index >= 15 is 0 Å². The highest BCUT2D eigenvalue weighted by Gasteiger charge is 2.22. The molecule has 62 heavy (non-hydrogen) atoms. The molecule has 0 aliphatic carbocycles. The van der Waals surface area contributed by atoms with Crippen LogP contribution in [0.3, 0.4) is 0 Å². The number of carbonyl (C=O) groups excluding carboxylic acids is 3. The van der Waals surface area contributed by atoms with Crippen molar-refractivity contribution in [2.45, 2.75) is 80.8 Å². The number of aromatic nitrogens is 4. The van der Waals surface area contributed by atoms with E-state index in [9.17, 15) is 19.2 Å². The van der Waals surface area contributed by atoms with E-state index in [2.05, 4.69) is 35.4 Å². The number of carboxylic acids is 1. The first-order valence-electron chi connectivity index (χ1n) is 20.9. The van der Waals surface area contributed by atoms with Gasteiger partial charge in [-0.25, -0.2) is 9.97 Å². The zero-order valence-corrected chi connectivity index (χ0v) is 36.3. The highest BCUT2D eigenvalue weighted by Crippen LogP contribution is 2.37. The number of carboxylic acid groups (broad SMARTS) is 1. The van der Waals surface area contributed by atoms with Crippen molar-refractivity contribution in [3.8, 4) is 23.0 Å². The summed E-state index contributed by atoms with van der Waals surface area (Å²) in [5, 5.41) is 20.7. The minimum atomic E-state index is -0.948. The van der Waals surface area contributed by atoms with E-state index < -0.39 is 5.97 Å². The number of aryl methyl sites for hydroxylation is 4. The average Bonchev–Trinajstić information content (AvgIpc) is 4.00. The van der Waals surface area contributed by atoms with Gasteiger partial charge in [-0.05, 0) is 104 Å². The van der Waals surface area contributed by atoms with Gasteiger partial charge < -0.3 is 45.0 Å². The zero-order chi connectivity index (χ0) is 44.3. The number of para-hydroxylation sites is 2. The Hall–Kier alpha value is -6.90. The lowest BCUT2D eigenvalue weighted by Gasteiger charge is -2.17. The molecule has 15 heteroatoms. The molecule has 0 radical (unpaired) electrons. The Morgan fingerprint density at radius 2 is 1.10 bits per heavy atom. The van der Waals surface area contributed by atoms with E-state index in [0.717, 1.165) is 88.1 Å². The number of ether oxygens (including phenoxy) is 2. The molecule has 2 aliphatic rings. The van der Waals surface area contributed by atoms with E-state index in [4.69, 9.17) is 19.6 Å². The molecule has 2 aliphatic heterocycles. The van der Waals surface area contributed by atoms with Crippen LogP contribution < -0.4 is 30.7 Å². The van der Waals surface area contributed by atoms with Crippen molar-refractivity contribution in [3.63, 3.8) is 0 Å². The second-order valence-corrected chi connectivity index (χ2v) is 17.0. The molecule has 2 amide bonds. The van der Waals surface area contributed by atoms with Crippen LogP contribution in [-0.2, 0) is 22.7 Å². The van der Waals surface area contributed by atoms with Gasteiger partial charge in [-0.2, -0.15) is 0 Å². The zero-order valence-electron chi connectivity index (χ0n) is 36.3. The summed E-state index contributed by atoms with van der Waals surface area (Å²) in [5.74, 6) is 3.19. The lowest BCUT2D eigenvalue weighted by Crippen LogP contribution is -2.27. The van der Waals surface area contributed by atoms with Gasteiger partial charge in [0, 0.05) is 63.2 Å². The van der Waals surface area contributed by atoms with Gasteiger partial charge in [-0.1, -0.05) is 32.9 Å². The van der Waals surface area contributed by atoms with E-state index in [-0.39, 0.29) is 36.0 Å². The number of Topliss-reactive ketones (excluding diaryl/α,β-unsaturated/α-hetero) is 1. The van der Waals surface area contributed by atoms with Crippen LogP contribution in [0, 0.1) is 33.1 Å². The number of rotatable bonds is 13. The van der Waals surface area contributed by atoms with E-state index in [1.54, 1.807) is 12.1 Å². The maximum atomic E-state index is 12.7. The minimum Gasteiger partial charge on any atom is -0.481 e. The molecule has 0 atom stereocenters. The average molecular weight is 843 g/mol. The van der Waals surface area contributed by atoms with Crippen molar-refractivity contribution in [2.24, 2.45) is 5.41 Å². The smallest absolute Gasteiger partial charge is 0.305 e. The fraction of sp³-hybridized carbons (Fsp3) is 0.362. The standard InChI is InChI=1S/C26H32N4O3.C21H22N4O4/c1-16-13-18(24(32)27-10-9-19(31)15-26(3,4)5)14-17(2)23(16)33-21-8-6-7-20-22(21)29-25-28-11-12-30(20)25;1-12-10-14(20(28)22-7-6-17(26)27)11-13(2)19(12)29-16-5-3-4-15-18(16)24-21-23-8-9-25(15)21/h6-8,13-14H,9-12,15H2,1-5H3,(H,27,32)(H,28,29);3-5,10-11H,6-9H2,1-2H3,(H,22,28)(H,23,24)(H,26,27). The molecular weight excluding hydrogens is 789 g/mol. The van der Waals surface area contributed by atoms with Crippen molar-refractivity contribution in [1.29, 1.82) is 0 Å². The molecule has 0 saturated heterocycles. The molecule has 0 saturated carbocycles. The molecule has 4 aromatic carbocycles. The van der Waals surface area contributed by atoms with E-state index in [1.165, 1.54) is 0 Å². The molecule has 0 fully saturated rings. The van der Waals surface area contributed by atoms with Crippen molar-refractivity contribution in [3.05, 3.63) is 94.0 Å². The predicted molar refractivity (Wildman–Crippen MR) is 239 cm³/mol. The Morgan fingerprint density at radius 3 is 1.50 bits per heavy atom. The van der Waals surface area contributed by atoms with Gasteiger partial charge in [0.2, 0.25) is 11.9 Å². The third kappa shape index (κ3) is 9.67. The van der Waals surface area contributed by atoms with E-state index in [0.29, 0.717) is 47.8 Å². The predicted octanol–water partition coefficient (Wildman–Crippen LogP) is 8.07. The number of imidazole rings is 2. The molecular formula is C47H54N8O7. The number of carbonyl (C=O) groups is 4. The molecule has 8 rings (SSSR count). The van der Waals surface area contributed by atoms with Gasteiger partial charge >= 0.3 is 5.97 Å². The Morgan fingerprint density at radius 1 is 0.677 bits per heavy atom. The van der Waals surface area contributed by atoms with Crippen LogP contribution in [0.4, 0.5) is 11.9 Å². The molecule has 6 aromatic rings. The molecule has 15 nitrogen and oxygen atoms in total. The SMILES string of the molecule is Cc1cc(C(=O)NCCC(=O)CC(C)(C)C)cc(C)c1Oc1cccc2c1nc1n2CCN1.Cc1cc(C(=O)NCCC(=O)O)cc(C)c1Oc1cccc2c1nc1n2CCN1. The minimum absolute atomic E-state index is 0.0390. The summed E-state index contributed by atoms with van der Waals surface area (Å²) in [6, 6.07) is 18.9. The summed E-state index contributed by atoms with van der Waals surface area (Å²) in [7, 11) is 0. The fourth-order valence-corrected chi connectivity index (χ4v) is 7.88. The quantitative estimate of drug-likeness (QED) is 0.0756. The fourth-order valence-electron chi connectivity index (χ4n) is 7.88. The molecule has 0 spiro atoms. The molecule has 324 valence electrons. The maximum Gasteiger partial charge on any atom is 0.305 e. The van der Waals surface area contributed by atoms with Crippen molar-refractivity contribution in [2.75, 3.05) is 36.8 Å². The number of nitrogens with zero attached hydrogens (tertiary/aromatic N) is 4. The third-order valence-corrected chi connectivity index (χ3v) is 10.6. The number of benzene rings is 4. The Labute approximate surface area is 360 Å². The Balaban J connectivity index is 0.000000188. The molecule has 5 N–H and O–H groups in total. The van der Waals surface area contributed by atoms with Crippen LogP contribution in [0.2, 0.25) is 0 Å². The summed E-state index contributed by atoms with van der Waals surface area (Å²) in [4.78, 5) is 57.0. The number of ketones is 1. The van der Waals surface area contributed by atoms with Crippen LogP contribution in [0.5, 0.6) is 23.0 Å². The highest BCUT2D eigenvalue weighted by atomic mass is 16.5. The number of aliphatic carboxylic acids is 1. The van der Waals surface area contributed by atoms with Gasteiger partial charge in [0.25, 0.3) is 11.8 Å². The third-order valence-electron chi connectivity index (χ3n) is 10.6. The summed E-state index contributed by atoms with van der Waals surface area (Å²) >= 11 is 0. The molecule has 4 heterocycles. The van der Waals surface area contributed by atoms with E-state index in [1.807, 2.05) is 97.0 Å². The summed E-state index contributed by atoms with van der Waals surface area (Å²) in [5.41, 5.74) is 8.03. The molecule has 0 unspecified atom stereocenters. The largest absolute Gasteiger partial charge is 0.481 e. The lowest BCUT2D eigenvalue weighted by molar-refractivity contribution is -0.136. The monoisotopic (exact) mass is 842 g/mol. The van der Waals surface area contributed by atoms with Crippen LogP contribution in [0.25, 0.3) is 22.1 Å². The number of anilines is 2. The van der Waals surface area contributed by atoms with Gasteiger partial charge in [-0.15, -0.1) is 0 Å². The number of fused-ring (bicyclic) bond motifs is 6. The van der Waals surface area contributed by atoms with Crippen LogP contribution in [-0.4, -0.2) is 74.0 Å². The Kier molecular flexibility index (Phi) is 12.5. The van der Waals surface area contributed by atoms with Crippen LogP contribution in [0.15, 0.2) is 60.7 Å². The normalized spacial score (nSPS) is 12.8. The number of hydrogen-bond donors (Lipinski definition) is 5. The first-order valence-corrected chi connectivity index (χ1v) is 20.9. The van der Waals surface area contributed by atoms with Crippen molar-refractivity contribution < 1.29 is 33.8 Å². The summed E-state index contributed by atoms with van der Waals surface area (Å²) in [6.45, 7) is 17.7. The van der Waals surface area contributed by atoms with Crippen LogP contribution in [0.1, 0.15) is 83.0 Å². The van der Waals surface area contributed by atoms with Gasteiger partial charge in [0.1, 0.15) is 28.3 Å². The number of hydrogen-bond acceptors (Lipinski definition) is 10. The van der Waals surface area contributed by atoms with Crippen LogP contribution >= 0.6 is 0 Å². The second kappa shape index (κ2) is 18.0. The van der Waals surface area contributed by atoms with Crippen molar-refractivity contribution in [1.82, 2.24) is 29.7 Å². The summed E-state index contributed by atoms with van der Waals surface area (Å²) in [6.07, 6.45) is 0.740. The first kappa shape index (κ1) is 43.2. The number of nitrogens with one attached hydrogen (secondary N) is 4. The second-order valence-electron chi connectivity index (χ2n) is 17.0. The van der Waals surface area contributed by atoms with Gasteiger partial charge in [-0.3, -0.25) is 19.2 Å².